The van der Waals surface area contributed by atoms with Gasteiger partial charge in [0.2, 0.25) is 0 Å². The van der Waals surface area contributed by atoms with Crippen molar-refractivity contribution in [2.24, 2.45) is 11.7 Å². The third-order valence-electron chi connectivity index (χ3n) is 1.19. The number of methoxy groups -OCH3 is 1. The topological polar surface area (TPSA) is 52.3 Å². The largest absolute Gasteiger partial charge is 0.468 e. The second-order valence-electron chi connectivity index (χ2n) is 2.29. The van der Waals surface area contributed by atoms with Crippen molar-refractivity contribution in [3.63, 3.8) is 0 Å². The van der Waals surface area contributed by atoms with Crippen molar-refractivity contribution in [3.8, 4) is 0 Å². The van der Waals surface area contributed by atoms with Crippen LogP contribution in [0.3, 0.4) is 0 Å². The molecule has 0 aliphatic carbocycles. The number of ether oxygens (including phenoxy) is 1. The molecule has 0 rings (SSSR count). The highest BCUT2D eigenvalue weighted by molar-refractivity contribution is 8.93. The van der Waals surface area contributed by atoms with E-state index in [1.807, 2.05) is 13.8 Å². The van der Waals surface area contributed by atoms with Gasteiger partial charge in [-0.15, -0.1) is 17.0 Å². The SMILES string of the molecule is Br.COC(=O)C(N)C(C)C. The van der Waals surface area contributed by atoms with Crippen LogP contribution < -0.4 is 5.73 Å². The number of carbonyl (C=O) groups excluding carboxylic acids is 1. The second-order valence-corrected chi connectivity index (χ2v) is 2.29. The van der Waals surface area contributed by atoms with E-state index in [0.29, 0.717) is 0 Å². The molecule has 0 saturated carbocycles. The summed E-state index contributed by atoms with van der Waals surface area (Å²) < 4.78 is 4.41. The maximum absolute atomic E-state index is 10.6. The molecule has 0 aromatic rings. The molecule has 1 atom stereocenters. The molecule has 0 aliphatic rings. The predicted octanol–water partition coefficient (Wildman–Crippen LogP) is 0.721. The van der Waals surface area contributed by atoms with E-state index in [-0.39, 0.29) is 28.9 Å². The van der Waals surface area contributed by atoms with Gasteiger partial charge >= 0.3 is 5.97 Å². The van der Waals surface area contributed by atoms with Gasteiger partial charge in [0.15, 0.2) is 0 Å². The van der Waals surface area contributed by atoms with E-state index < -0.39 is 6.04 Å². The normalized spacial score (nSPS) is 12.1. The van der Waals surface area contributed by atoms with Crippen LogP contribution in [0.15, 0.2) is 0 Å². The molecule has 0 spiro atoms. The van der Waals surface area contributed by atoms with E-state index in [9.17, 15) is 4.79 Å². The van der Waals surface area contributed by atoms with Crippen molar-refractivity contribution in [1.29, 1.82) is 0 Å². The summed E-state index contributed by atoms with van der Waals surface area (Å²) in [6, 6.07) is -0.477. The van der Waals surface area contributed by atoms with Crippen molar-refractivity contribution in [2.45, 2.75) is 19.9 Å². The van der Waals surface area contributed by atoms with Gasteiger partial charge in [-0.2, -0.15) is 0 Å². The number of rotatable bonds is 2. The summed E-state index contributed by atoms with van der Waals surface area (Å²) in [6.07, 6.45) is 0. The summed E-state index contributed by atoms with van der Waals surface area (Å²) >= 11 is 0. The van der Waals surface area contributed by atoms with Crippen LogP contribution in [0, 0.1) is 5.92 Å². The standard InChI is InChI=1S/C6H13NO2.BrH/c1-4(2)5(7)6(8)9-3;/h4-5H,7H2,1-3H3;1H. The van der Waals surface area contributed by atoms with Gasteiger partial charge in [0, 0.05) is 0 Å². The Kier molecular flexibility index (Phi) is 7.14. The van der Waals surface area contributed by atoms with Crippen LogP contribution in [0.25, 0.3) is 0 Å². The zero-order valence-electron chi connectivity index (χ0n) is 6.46. The minimum Gasteiger partial charge on any atom is -0.468 e. The zero-order chi connectivity index (χ0) is 7.44. The van der Waals surface area contributed by atoms with Crippen LogP contribution in [0.2, 0.25) is 0 Å². The monoisotopic (exact) mass is 211 g/mol. The molecule has 0 aromatic carbocycles. The number of nitrogens with two attached hydrogens (primary N) is 1. The van der Waals surface area contributed by atoms with Crippen molar-refractivity contribution in [3.05, 3.63) is 0 Å². The lowest BCUT2D eigenvalue weighted by atomic mass is 10.1. The summed E-state index contributed by atoms with van der Waals surface area (Å²) in [5.74, 6) is -0.192. The van der Waals surface area contributed by atoms with E-state index >= 15 is 0 Å². The molecule has 62 valence electrons. The molecule has 0 aliphatic heterocycles. The third kappa shape index (κ3) is 3.85. The van der Waals surface area contributed by atoms with Gasteiger partial charge in [-0.25, -0.2) is 0 Å². The lowest BCUT2D eigenvalue weighted by Gasteiger charge is -2.11. The van der Waals surface area contributed by atoms with Crippen molar-refractivity contribution < 1.29 is 9.53 Å². The van der Waals surface area contributed by atoms with Crippen molar-refractivity contribution in [1.82, 2.24) is 0 Å². The molecule has 0 amide bonds. The Balaban J connectivity index is 0. The number of carbonyl (C=O) groups is 1. The van der Waals surface area contributed by atoms with E-state index in [4.69, 9.17) is 5.73 Å². The lowest BCUT2D eigenvalue weighted by molar-refractivity contribution is -0.143. The average molecular weight is 212 g/mol. The van der Waals surface area contributed by atoms with Crippen LogP contribution in [-0.2, 0) is 9.53 Å². The highest BCUT2D eigenvalue weighted by Gasteiger charge is 2.16. The van der Waals surface area contributed by atoms with Crippen molar-refractivity contribution in [2.75, 3.05) is 7.11 Å². The Morgan fingerprint density at radius 2 is 1.90 bits per heavy atom. The number of esters is 1. The Morgan fingerprint density at radius 3 is 2.00 bits per heavy atom. The molecule has 0 saturated heterocycles. The molecular formula is C6H14BrNO2. The fourth-order valence-electron chi connectivity index (χ4n) is 0.408. The van der Waals surface area contributed by atoms with Crippen LogP contribution in [0.1, 0.15) is 13.8 Å². The average Bonchev–Trinajstić information content (AvgIpc) is 1.84. The molecule has 0 fully saturated rings. The predicted molar refractivity (Wildman–Crippen MR) is 45.2 cm³/mol. The summed E-state index contributed by atoms with van der Waals surface area (Å²) in [4.78, 5) is 10.6. The quantitative estimate of drug-likeness (QED) is 0.686. The van der Waals surface area contributed by atoms with Crippen LogP contribution in [-0.4, -0.2) is 19.1 Å². The molecular weight excluding hydrogens is 198 g/mol. The molecule has 0 heterocycles. The van der Waals surface area contributed by atoms with E-state index in [1.165, 1.54) is 7.11 Å². The number of hydrogen-bond acceptors (Lipinski definition) is 3. The van der Waals surface area contributed by atoms with Gasteiger partial charge in [0.25, 0.3) is 0 Å². The zero-order valence-corrected chi connectivity index (χ0v) is 8.17. The number of halogens is 1. The molecule has 0 radical (unpaired) electrons. The lowest BCUT2D eigenvalue weighted by Crippen LogP contribution is -2.36. The minimum absolute atomic E-state index is 0. The van der Waals surface area contributed by atoms with Gasteiger partial charge < -0.3 is 10.5 Å². The minimum atomic E-state index is -0.477. The first-order chi connectivity index (χ1) is 4.09. The smallest absolute Gasteiger partial charge is 0.322 e. The summed E-state index contributed by atoms with van der Waals surface area (Å²) in [7, 11) is 1.34. The van der Waals surface area contributed by atoms with E-state index in [1.54, 1.807) is 0 Å². The first-order valence-electron chi connectivity index (χ1n) is 2.93. The Hall–Kier alpha value is -0.0900. The van der Waals surface area contributed by atoms with Crippen LogP contribution >= 0.6 is 17.0 Å². The highest BCUT2D eigenvalue weighted by atomic mass is 79.9. The molecule has 3 nitrogen and oxygen atoms in total. The third-order valence-corrected chi connectivity index (χ3v) is 1.19. The fourth-order valence-corrected chi connectivity index (χ4v) is 0.408. The molecule has 10 heavy (non-hydrogen) atoms. The van der Waals surface area contributed by atoms with Gasteiger partial charge in [0.1, 0.15) is 6.04 Å². The molecule has 4 heteroatoms. The first kappa shape index (κ1) is 12.6. The fraction of sp³-hybridized carbons (Fsp3) is 0.833. The van der Waals surface area contributed by atoms with Gasteiger partial charge in [-0.1, -0.05) is 13.8 Å². The second kappa shape index (κ2) is 5.68. The Labute approximate surface area is 71.7 Å². The van der Waals surface area contributed by atoms with E-state index in [0.717, 1.165) is 0 Å². The van der Waals surface area contributed by atoms with Crippen LogP contribution in [0.4, 0.5) is 0 Å². The van der Waals surface area contributed by atoms with Crippen LogP contribution in [0.5, 0.6) is 0 Å². The van der Waals surface area contributed by atoms with Gasteiger partial charge in [-0.05, 0) is 5.92 Å². The number of hydrogen-bond donors (Lipinski definition) is 1. The summed E-state index contributed by atoms with van der Waals surface area (Å²) in [5, 5.41) is 0. The first-order valence-corrected chi connectivity index (χ1v) is 2.93. The summed E-state index contributed by atoms with van der Waals surface area (Å²) in [5.41, 5.74) is 5.40. The maximum Gasteiger partial charge on any atom is 0.322 e. The molecule has 2 N–H and O–H groups in total. The Bertz CT molecular complexity index is 106. The van der Waals surface area contributed by atoms with Gasteiger partial charge in [-0.3, -0.25) is 4.79 Å². The highest BCUT2D eigenvalue weighted by Crippen LogP contribution is 1.98. The molecule has 0 bridgehead atoms. The summed E-state index contributed by atoms with van der Waals surface area (Å²) in [6.45, 7) is 3.75. The van der Waals surface area contributed by atoms with Gasteiger partial charge in [0.05, 0.1) is 7.11 Å². The Morgan fingerprint density at radius 1 is 1.50 bits per heavy atom. The molecule has 1 unspecified atom stereocenters. The molecule has 0 aromatic heterocycles. The maximum atomic E-state index is 10.6. The van der Waals surface area contributed by atoms with E-state index in [2.05, 4.69) is 4.74 Å². The van der Waals surface area contributed by atoms with Crippen molar-refractivity contribution >= 4 is 23.0 Å².